The monoisotopic (exact) mass is 238 g/mol. The van der Waals surface area contributed by atoms with Crippen molar-refractivity contribution in [3.05, 3.63) is 49.7 Å². The van der Waals surface area contributed by atoms with Crippen molar-refractivity contribution in [2.75, 3.05) is 6.73 Å². The first-order valence-corrected chi connectivity index (χ1v) is 4.58. The minimum atomic E-state index is -0.124. The van der Waals surface area contributed by atoms with E-state index in [0.29, 0.717) is 16.3 Å². The van der Waals surface area contributed by atoms with Gasteiger partial charge in [-0.05, 0) is 29.3 Å². The van der Waals surface area contributed by atoms with Gasteiger partial charge in [0.25, 0.3) is 0 Å². The molecule has 1 aromatic carbocycles. The highest BCUT2D eigenvalue weighted by Crippen LogP contribution is 2.23. The molecular weight excluding hydrogens is 232 g/mol. The van der Waals surface area contributed by atoms with Crippen LogP contribution in [0.5, 0.6) is 5.75 Å². The fourth-order valence-electron chi connectivity index (χ4n) is 1.04. The highest BCUT2D eigenvalue weighted by molar-refractivity contribution is 6.30. The quantitative estimate of drug-likeness (QED) is 0.434. The molecular formula is C8H7ClN6O. The lowest BCUT2D eigenvalue weighted by Crippen LogP contribution is -1.96. The van der Waals surface area contributed by atoms with Crippen molar-refractivity contribution in [1.29, 1.82) is 0 Å². The molecule has 8 heteroatoms. The lowest BCUT2D eigenvalue weighted by molar-refractivity contribution is 0.326. The van der Waals surface area contributed by atoms with E-state index in [1.807, 2.05) is 0 Å². The van der Waals surface area contributed by atoms with Crippen LogP contribution in [-0.2, 0) is 6.54 Å². The minimum absolute atomic E-state index is 0.124. The zero-order valence-electron chi connectivity index (χ0n) is 8.12. The maximum atomic E-state index is 8.22. The summed E-state index contributed by atoms with van der Waals surface area (Å²) in [6.45, 7) is 0.00403. The normalized spacial score (nSPS) is 8.81. The first kappa shape index (κ1) is 12.0. The van der Waals surface area contributed by atoms with Crippen molar-refractivity contribution in [1.82, 2.24) is 0 Å². The summed E-state index contributed by atoms with van der Waals surface area (Å²) < 4.78 is 5.17. The van der Waals surface area contributed by atoms with Crippen molar-refractivity contribution in [3.8, 4) is 5.75 Å². The summed E-state index contributed by atoms with van der Waals surface area (Å²) in [5.41, 5.74) is 16.9. The number of hydrogen-bond acceptors (Lipinski definition) is 3. The van der Waals surface area contributed by atoms with E-state index in [-0.39, 0.29) is 13.3 Å². The van der Waals surface area contributed by atoms with Crippen LogP contribution in [0.25, 0.3) is 20.9 Å². The Balaban J connectivity index is 2.87. The summed E-state index contributed by atoms with van der Waals surface area (Å²) >= 11 is 5.78. The fourth-order valence-corrected chi connectivity index (χ4v) is 1.24. The van der Waals surface area contributed by atoms with Gasteiger partial charge in [-0.2, -0.15) is 0 Å². The maximum Gasteiger partial charge on any atom is 0.167 e. The van der Waals surface area contributed by atoms with Crippen LogP contribution in [-0.4, -0.2) is 6.73 Å². The van der Waals surface area contributed by atoms with Gasteiger partial charge in [0.05, 0.1) is 6.54 Å². The summed E-state index contributed by atoms with van der Waals surface area (Å²) in [5.74, 6) is 0.476. The molecule has 0 heterocycles. The van der Waals surface area contributed by atoms with E-state index in [1.54, 1.807) is 18.2 Å². The average Bonchev–Trinajstić information content (AvgIpc) is 2.29. The topological polar surface area (TPSA) is 107 Å². The van der Waals surface area contributed by atoms with Gasteiger partial charge in [0.1, 0.15) is 5.75 Å². The molecule has 1 aromatic rings. The van der Waals surface area contributed by atoms with E-state index in [4.69, 9.17) is 27.4 Å². The number of rotatable bonds is 5. The van der Waals surface area contributed by atoms with Crippen LogP contribution in [0, 0.1) is 0 Å². The lowest BCUT2D eigenvalue weighted by Gasteiger charge is -2.07. The van der Waals surface area contributed by atoms with Crippen LogP contribution in [0.15, 0.2) is 28.4 Å². The van der Waals surface area contributed by atoms with Crippen LogP contribution >= 0.6 is 11.6 Å². The fraction of sp³-hybridized carbons (Fsp3) is 0.250. The number of ether oxygens (including phenoxy) is 1. The molecule has 0 aliphatic rings. The summed E-state index contributed by atoms with van der Waals surface area (Å²) in [6.07, 6.45) is 0. The molecule has 1 rings (SSSR count). The predicted octanol–water partition coefficient (Wildman–Crippen LogP) is 3.80. The van der Waals surface area contributed by atoms with Gasteiger partial charge in [-0.1, -0.05) is 21.8 Å². The molecule has 0 saturated carbocycles. The second-order valence-corrected chi connectivity index (χ2v) is 3.08. The van der Waals surface area contributed by atoms with Gasteiger partial charge in [-0.3, -0.25) is 0 Å². The van der Waals surface area contributed by atoms with E-state index < -0.39 is 0 Å². The van der Waals surface area contributed by atoms with Gasteiger partial charge < -0.3 is 4.74 Å². The second kappa shape index (κ2) is 6.42. The van der Waals surface area contributed by atoms with Gasteiger partial charge in [0.15, 0.2) is 6.73 Å². The molecule has 0 aliphatic heterocycles. The molecule has 16 heavy (non-hydrogen) atoms. The molecule has 0 N–H and O–H groups in total. The Kier molecular flexibility index (Phi) is 4.82. The zero-order valence-corrected chi connectivity index (χ0v) is 8.87. The smallest absolute Gasteiger partial charge is 0.167 e. The number of hydrogen-bond donors (Lipinski definition) is 0. The molecule has 0 radical (unpaired) electrons. The molecule has 0 fully saturated rings. The first-order valence-electron chi connectivity index (χ1n) is 4.21. The molecule has 0 spiro atoms. The molecule has 0 aromatic heterocycles. The number of benzene rings is 1. The molecule has 82 valence electrons. The van der Waals surface area contributed by atoms with Gasteiger partial charge >= 0.3 is 0 Å². The van der Waals surface area contributed by atoms with E-state index in [0.717, 1.165) is 0 Å². The number of nitrogens with zero attached hydrogens (tertiary/aromatic N) is 6. The van der Waals surface area contributed by atoms with Gasteiger partial charge in [-0.15, -0.1) is 0 Å². The third kappa shape index (κ3) is 3.59. The molecule has 0 atom stereocenters. The Hall–Kier alpha value is -2.07. The minimum Gasteiger partial charge on any atom is -0.487 e. The number of azide groups is 2. The molecule has 0 saturated heterocycles. The van der Waals surface area contributed by atoms with Crippen LogP contribution in [0.3, 0.4) is 0 Å². The van der Waals surface area contributed by atoms with Crippen molar-refractivity contribution >= 4 is 11.6 Å². The number of halogens is 1. The Morgan fingerprint density at radius 1 is 1.25 bits per heavy atom. The van der Waals surface area contributed by atoms with Gasteiger partial charge in [-0.25, -0.2) is 0 Å². The lowest BCUT2D eigenvalue weighted by atomic mass is 10.2. The Morgan fingerprint density at radius 3 is 2.69 bits per heavy atom. The van der Waals surface area contributed by atoms with Crippen LogP contribution < -0.4 is 4.74 Å². The maximum absolute atomic E-state index is 8.22. The van der Waals surface area contributed by atoms with E-state index in [2.05, 4.69) is 20.1 Å². The van der Waals surface area contributed by atoms with E-state index in [9.17, 15) is 0 Å². The average molecular weight is 239 g/mol. The standard InChI is InChI=1S/C8H7ClN6O/c9-7-1-2-8(16-5-13-15-11)6(3-7)4-12-14-10/h1-3H,4-5H2. The Bertz CT molecular complexity index is 464. The molecule has 0 unspecified atom stereocenters. The van der Waals surface area contributed by atoms with Crippen molar-refractivity contribution in [2.45, 2.75) is 6.54 Å². The second-order valence-electron chi connectivity index (χ2n) is 2.65. The van der Waals surface area contributed by atoms with Gasteiger partial charge in [0.2, 0.25) is 0 Å². The van der Waals surface area contributed by atoms with Crippen molar-refractivity contribution in [2.24, 2.45) is 10.2 Å². The van der Waals surface area contributed by atoms with Crippen LogP contribution in [0.4, 0.5) is 0 Å². The summed E-state index contributed by atoms with van der Waals surface area (Å²) in [4.78, 5) is 5.19. The first-order chi connectivity index (χ1) is 7.77. The molecule has 7 nitrogen and oxygen atoms in total. The third-order valence-corrected chi connectivity index (χ3v) is 1.90. The Labute approximate surface area is 95.8 Å². The van der Waals surface area contributed by atoms with Crippen molar-refractivity contribution in [3.63, 3.8) is 0 Å². The highest BCUT2D eigenvalue weighted by Gasteiger charge is 2.03. The van der Waals surface area contributed by atoms with Crippen LogP contribution in [0.2, 0.25) is 5.02 Å². The summed E-state index contributed by atoms with van der Waals surface area (Å²) in [7, 11) is 0. The van der Waals surface area contributed by atoms with Gasteiger partial charge in [0, 0.05) is 20.4 Å². The zero-order chi connectivity index (χ0) is 11.8. The summed E-state index contributed by atoms with van der Waals surface area (Å²) in [6, 6.07) is 4.88. The predicted molar refractivity (Wildman–Crippen MR) is 58.9 cm³/mol. The van der Waals surface area contributed by atoms with E-state index in [1.165, 1.54) is 0 Å². The summed E-state index contributed by atoms with van der Waals surface area (Å²) in [5, 5.41) is 7.16. The molecule has 0 amide bonds. The Morgan fingerprint density at radius 2 is 2.00 bits per heavy atom. The largest absolute Gasteiger partial charge is 0.487 e. The van der Waals surface area contributed by atoms with Crippen LogP contribution in [0.1, 0.15) is 5.56 Å². The highest BCUT2D eigenvalue weighted by atomic mass is 35.5. The SMILES string of the molecule is [N-]=[N+]=NCOc1ccc(Cl)cc1CN=[N+]=[N-]. The van der Waals surface area contributed by atoms with E-state index >= 15 is 0 Å². The molecule has 0 aliphatic carbocycles. The third-order valence-electron chi connectivity index (χ3n) is 1.67. The van der Waals surface area contributed by atoms with Crippen molar-refractivity contribution < 1.29 is 4.74 Å². The molecule has 0 bridgehead atoms.